The first-order valence-corrected chi connectivity index (χ1v) is 10.6. The fourth-order valence-corrected chi connectivity index (χ4v) is 4.29. The van der Waals surface area contributed by atoms with Crippen molar-refractivity contribution in [2.75, 3.05) is 13.6 Å². The van der Waals surface area contributed by atoms with Crippen molar-refractivity contribution >= 4 is 28.9 Å². The molecular weight excluding hydrogens is 405 g/mol. The molecule has 0 N–H and O–H groups in total. The van der Waals surface area contributed by atoms with Crippen LogP contribution in [0.25, 0.3) is 5.69 Å². The summed E-state index contributed by atoms with van der Waals surface area (Å²) in [6.45, 7) is 2.27. The lowest BCUT2D eigenvalue weighted by Crippen LogP contribution is -2.23. The van der Waals surface area contributed by atoms with E-state index in [4.69, 9.17) is 28.2 Å². The van der Waals surface area contributed by atoms with Crippen LogP contribution in [0.2, 0.25) is 10.0 Å². The maximum absolute atomic E-state index is 6.50. The number of hydrogen-bond donors (Lipinski definition) is 0. The molecular formula is C22H21Cl2N5. The molecule has 1 aromatic heterocycles. The zero-order valence-corrected chi connectivity index (χ0v) is 17.7. The standard InChI is InChI=1S/C22H21Cl2N5/c1-28(12-14-6-7-14)13-21-27-26-20-11-25-22(16-4-2-3-5-18(16)24)17-10-15(23)8-9-19(17)29(20)21/h2-5,8-10,14H,6-7,11-13H2,1H3. The zero-order chi connectivity index (χ0) is 20.0. The predicted molar refractivity (Wildman–Crippen MR) is 116 cm³/mol. The molecule has 2 aliphatic rings. The van der Waals surface area contributed by atoms with Gasteiger partial charge in [0.2, 0.25) is 0 Å². The van der Waals surface area contributed by atoms with E-state index >= 15 is 0 Å². The van der Waals surface area contributed by atoms with Crippen molar-refractivity contribution < 1.29 is 0 Å². The van der Waals surface area contributed by atoms with E-state index in [1.54, 1.807) is 0 Å². The summed E-state index contributed by atoms with van der Waals surface area (Å²) in [5.74, 6) is 2.57. The highest BCUT2D eigenvalue weighted by Crippen LogP contribution is 2.32. The van der Waals surface area contributed by atoms with E-state index in [2.05, 4.69) is 26.7 Å². The van der Waals surface area contributed by atoms with Gasteiger partial charge in [-0.3, -0.25) is 14.5 Å². The first-order valence-electron chi connectivity index (χ1n) is 9.81. The lowest BCUT2D eigenvalue weighted by molar-refractivity contribution is 0.303. The second kappa shape index (κ2) is 7.56. The van der Waals surface area contributed by atoms with E-state index < -0.39 is 0 Å². The van der Waals surface area contributed by atoms with Crippen molar-refractivity contribution in [1.82, 2.24) is 19.7 Å². The van der Waals surface area contributed by atoms with E-state index in [9.17, 15) is 0 Å². The third-order valence-electron chi connectivity index (χ3n) is 5.44. The summed E-state index contributed by atoms with van der Waals surface area (Å²) in [5.41, 5.74) is 3.65. The fourth-order valence-electron chi connectivity index (χ4n) is 3.90. The SMILES string of the molecule is CN(Cc1nnc2n1-c1ccc(Cl)cc1C(c1ccccc1Cl)=NC2)CC1CC1. The van der Waals surface area contributed by atoms with Gasteiger partial charge in [-0.25, -0.2) is 0 Å². The van der Waals surface area contributed by atoms with Gasteiger partial charge in [0.25, 0.3) is 0 Å². The van der Waals surface area contributed by atoms with Crippen LogP contribution in [0.1, 0.15) is 35.6 Å². The third-order valence-corrected chi connectivity index (χ3v) is 6.00. The molecule has 3 aromatic rings. The summed E-state index contributed by atoms with van der Waals surface area (Å²) in [5, 5.41) is 10.3. The van der Waals surface area contributed by atoms with Gasteiger partial charge in [0.15, 0.2) is 11.6 Å². The van der Waals surface area contributed by atoms with Gasteiger partial charge in [-0.2, -0.15) is 0 Å². The highest BCUT2D eigenvalue weighted by molar-refractivity contribution is 6.36. The highest BCUT2D eigenvalue weighted by Gasteiger charge is 2.26. The Bertz CT molecular complexity index is 1100. The average molecular weight is 426 g/mol. The largest absolute Gasteiger partial charge is 0.299 e. The van der Waals surface area contributed by atoms with Gasteiger partial charge in [-0.15, -0.1) is 10.2 Å². The lowest BCUT2D eigenvalue weighted by atomic mass is 10.0. The summed E-state index contributed by atoms with van der Waals surface area (Å²) in [6, 6.07) is 13.6. The monoisotopic (exact) mass is 425 g/mol. The second-order valence-electron chi connectivity index (χ2n) is 7.81. The Labute approximate surface area is 180 Å². The van der Waals surface area contributed by atoms with Gasteiger partial charge < -0.3 is 0 Å². The topological polar surface area (TPSA) is 46.3 Å². The number of aliphatic imine (C=N–C) groups is 1. The molecule has 148 valence electrons. The fraction of sp³-hybridized carbons (Fsp3) is 0.318. The van der Waals surface area contributed by atoms with Crippen LogP contribution in [0.5, 0.6) is 0 Å². The van der Waals surface area contributed by atoms with Crippen LogP contribution >= 0.6 is 23.2 Å². The van der Waals surface area contributed by atoms with Crippen molar-refractivity contribution in [2.24, 2.45) is 10.9 Å². The van der Waals surface area contributed by atoms with Crippen molar-refractivity contribution in [3.63, 3.8) is 0 Å². The molecule has 2 aromatic carbocycles. The summed E-state index contributed by atoms with van der Waals surface area (Å²) in [4.78, 5) is 7.19. The van der Waals surface area contributed by atoms with Gasteiger partial charge in [-0.05, 0) is 50.1 Å². The molecule has 1 saturated carbocycles. The molecule has 2 heterocycles. The molecule has 0 spiro atoms. The third kappa shape index (κ3) is 3.70. The molecule has 7 heteroatoms. The number of halogens is 2. The number of fused-ring (bicyclic) bond motifs is 3. The van der Waals surface area contributed by atoms with Gasteiger partial charge in [0.05, 0.1) is 17.9 Å². The number of benzene rings is 2. The Kier molecular flexibility index (Phi) is 4.90. The number of aromatic nitrogens is 3. The second-order valence-corrected chi connectivity index (χ2v) is 8.66. The van der Waals surface area contributed by atoms with Crippen molar-refractivity contribution in [2.45, 2.75) is 25.9 Å². The van der Waals surface area contributed by atoms with Gasteiger partial charge in [0, 0.05) is 27.7 Å². The van der Waals surface area contributed by atoms with Gasteiger partial charge in [-0.1, -0.05) is 41.4 Å². The highest BCUT2D eigenvalue weighted by atomic mass is 35.5. The van der Waals surface area contributed by atoms with Crippen LogP contribution in [-0.4, -0.2) is 39.0 Å². The molecule has 1 fully saturated rings. The number of hydrogen-bond acceptors (Lipinski definition) is 4. The Morgan fingerprint density at radius 1 is 1.07 bits per heavy atom. The van der Waals surface area contributed by atoms with Crippen LogP contribution in [0.4, 0.5) is 0 Å². The zero-order valence-electron chi connectivity index (χ0n) is 16.1. The van der Waals surface area contributed by atoms with E-state index in [0.717, 1.165) is 53.2 Å². The molecule has 0 saturated heterocycles. The number of nitrogens with zero attached hydrogens (tertiary/aromatic N) is 5. The molecule has 0 amide bonds. The summed E-state index contributed by atoms with van der Waals surface area (Å²) in [6.07, 6.45) is 2.66. The summed E-state index contributed by atoms with van der Waals surface area (Å²) in [7, 11) is 2.14. The van der Waals surface area contributed by atoms with Crippen LogP contribution < -0.4 is 0 Å². The molecule has 1 aliphatic heterocycles. The van der Waals surface area contributed by atoms with Crippen LogP contribution in [-0.2, 0) is 13.1 Å². The Hall–Kier alpha value is -2.21. The molecule has 5 rings (SSSR count). The maximum atomic E-state index is 6.50. The molecule has 0 unspecified atom stereocenters. The van der Waals surface area contributed by atoms with E-state index in [1.165, 1.54) is 12.8 Å². The van der Waals surface area contributed by atoms with Crippen LogP contribution in [0.3, 0.4) is 0 Å². The Morgan fingerprint density at radius 3 is 2.69 bits per heavy atom. The minimum atomic E-state index is 0.437. The Morgan fingerprint density at radius 2 is 1.90 bits per heavy atom. The molecule has 29 heavy (non-hydrogen) atoms. The molecule has 1 aliphatic carbocycles. The Balaban J connectivity index is 1.60. The van der Waals surface area contributed by atoms with E-state index in [-0.39, 0.29) is 0 Å². The van der Waals surface area contributed by atoms with Gasteiger partial charge >= 0.3 is 0 Å². The maximum Gasteiger partial charge on any atom is 0.159 e. The number of rotatable bonds is 5. The molecule has 0 radical (unpaired) electrons. The van der Waals surface area contributed by atoms with Crippen LogP contribution in [0, 0.1) is 5.92 Å². The molecule has 5 nitrogen and oxygen atoms in total. The van der Waals surface area contributed by atoms with Crippen molar-refractivity contribution in [1.29, 1.82) is 0 Å². The van der Waals surface area contributed by atoms with E-state index in [0.29, 0.717) is 16.6 Å². The smallest absolute Gasteiger partial charge is 0.159 e. The minimum absolute atomic E-state index is 0.437. The molecule has 0 bridgehead atoms. The summed E-state index contributed by atoms with van der Waals surface area (Å²) >= 11 is 12.9. The predicted octanol–water partition coefficient (Wildman–Crippen LogP) is 4.77. The first kappa shape index (κ1) is 18.8. The lowest BCUT2D eigenvalue weighted by Gasteiger charge is -2.18. The van der Waals surface area contributed by atoms with E-state index in [1.807, 2.05) is 42.5 Å². The van der Waals surface area contributed by atoms with Crippen LogP contribution in [0.15, 0.2) is 47.5 Å². The van der Waals surface area contributed by atoms with Gasteiger partial charge in [0.1, 0.15) is 6.54 Å². The van der Waals surface area contributed by atoms with Crippen molar-refractivity contribution in [3.8, 4) is 5.69 Å². The molecule has 0 atom stereocenters. The minimum Gasteiger partial charge on any atom is -0.299 e. The normalized spacial score (nSPS) is 15.7. The quantitative estimate of drug-likeness (QED) is 0.591. The van der Waals surface area contributed by atoms with Crippen molar-refractivity contribution in [3.05, 3.63) is 75.3 Å². The first-order chi connectivity index (χ1) is 14.1. The average Bonchev–Trinajstić information content (AvgIpc) is 3.45. The summed E-state index contributed by atoms with van der Waals surface area (Å²) < 4.78 is 2.13.